The van der Waals surface area contributed by atoms with Gasteiger partial charge in [-0.15, -0.1) is 0 Å². The fourth-order valence-corrected chi connectivity index (χ4v) is 3.71. The molecule has 0 unspecified atom stereocenters. The van der Waals surface area contributed by atoms with E-state index in [4.69, 9.17) is 0 Å². The Morgan fingerprint density at radius 1 is 0.423 bits per heavy atom. The molecule has 0 spiro atoms. The van der Waals surface area contributed by atoms with Gasteiger partial charge in [0.1, 0.15) is 0 Å². The molecule has 0 nitrogen and oxygen atoms in total. The zero-order valence-electron chi connectivity index (χ0n) is 14.4. The van der Waals surface area contributed by atoms with Crippen LogP contribution in [0.1, 0.15) is 11.1 Å². The molecule has 26 heavy (non-hydrogen) atoms. The van der Waals surface area contributed by atoms with Gasteiger partial charge in [0.15, 0.2) is 0 Å². The summed E-state index contributed by atoms with van der Waals surface area (Å²) >= 11 is 0. The summed E-state index contributed by atoms with van der Waals surface area (Å²) < 4.78 is 0. The predicted octanol–water partition coefficient (Wildman–Crippen LogP) is 7.32. The van der Waals surface area contributed by atoms with Gasteiger partial charge in [0.05, 0.1) is 0 Å². The van der Waals surface area contributed by atoms with Gasteiger partial charge in [-0.05, 0) is 49.5 Å². The van der Waals surface area contributed by atoms with Crippen LogP contribution in [0, 0.1) is 0 Å². The van der Waals surface area contributed by atoms with Crippen molar-refractivity contribution < 1.29 is 0 Å². The molecule has 122 valence electrons. The van der Waals surface area contributed by atoms with E-state index in [0.717, 1.165) is 0 Å². The van der Waals surface area contributed by atoms with Crippen LogP contribution in [0.15, 0.2) is 97.1 Å². The first-order valence-corrected chi connectivity index (χ1v) is 8.96. The second-order valence-corrected chi connectivity index (χ2v) is 6.67. The Kier molecular flexibility index (Phi) is 3.54. The van der Waals surface area contributed by atoms with Crippen LogP contribution in [0.2, 0.25) is 0 Å². The maximum Gasteiger partial charge on any atom is -0.00268 e. The molecule has 0 saturated carbocycles. The molecule has 0 atom stereocenters. The smallest absolute Gasteiger partial charge is 0.00268 e. The fraction of sp³-hybridized carbons (Fsp3) is 0. The highest BCUT2D eigenvalue weighted by atomic mass is 14.1. The van der Waals surface area contributed by atoms with Crippen molar-refractivity contribution in [3.05, 3.63) is 108 Å². The molecule has 0 heteroatoms. The molecule has 0 aliphatic heterocycles. The average molecular weight is 330 g/mol. The lowest BCUT2D eigenvalue weighted by molar-refractivity contribution is 1.66. The summed E-state index contributed by atoms with van der Waals surface area (Å²) in [5, 5.41) is 7.85. The third-order valence-corrected chi connectivity index (χ3v) is 5.02. The second kappa shape index (κ2) is 6.16. The van der Waals surface area contributed by atoms with Gasteiger partial charge < -0.3 is 0 Å². The molecule has 0 N–H and O–H groups in total. The maximum atomic E-state index is 2.27. The molecule has 0 aliphatic rings. The summed E-state index contributed by atoms with van der Waals surface area (Å²) in [6.07, 6.45) is 4.35. The number of benzene rings is 5. The molecule has 5 rings (SSSR count). The van der Waals surface area contributed by atoms with Gasteiger partial charge in [-0.25, -0.2) is 0 Å². The molecule has 0 aliphatic carbocycles. The number of fused-ring (bicyclic) bond motifs is 5. The minimum atomic E-state index is 1.22. The van der Waals surface area contributed by atoms with Crippen LogP contribution >= 0.6 is 0 Å². The predicted molar refractivity (Wildman–Crippen MR) is 114 cm³/mol. The molecule has 0 saturated heterocycles. The normalized spacial score (nSPS) is 11.7. The Bertz CT molecular complexity index is 1260. The van der Waals surface area contributed by atoms with Crippen LogP contribution in [0.5, 0.6) is 0 Å². The van der Waals surface area contributed by atoms with E-state index in [1.807, 2.05) is 6.07 Å². The lowest BCUT2D eigenvalue weighted by atomic mass is 9.95. The van der Waals surface area contributed by atoms with Crippen LogP contribution < -0.4 is 0 Å². The summed E-state index contributed by atoms with van der Waals surface area (Å²) in [7, 11) is 0. The van der Waals surface area contributed by atoms with E-state index >= 15 is 0 Å². The topological polar surface area (TPSA) is 0 Å². The van der Waals surface area contributed by atoms with Gasteiger partial charge >= 0.3 is 0 Å². The summed E-state index contributed by atoms with van der Waals surface area (Å²) in [5.41, 5.74) is 2.44. The summed E-state index contributed by atoms with van der Waals surface area (Å²) in [6.45, 7) is 0. The molecule has 0 bridgehead atoms. The van der Waals surface area contributed by atoms with E-state index in [9.17, 15) is 0 Å². The van der Waals surface area contributed by atoms with E-state index in [2.05, 4.69) is 103 Å². The molecule has 5 aromatic rings. The summed E-state index contributed by atoms with van der Waals surface area (Å²) in [4.78, 5) is 0. The lowest BCUT2D eigenvalue weighted by Gasteiger charge is -2.09. The Labute approximate surface area is 153 Å². The van der Waals surface area contributed by atoms with Gasteiger partial charge in [0.2, 0.25) is 0 Å². The third-order valence-electron chi connectivity index (χ3n) is 5.02. The lowest BCUT2D eigenvalue weighted by Crippen LogP contribution is -1.82. The zero-order valence-corrected chi connectivity index (χ0v) is 14.4. The highest BCUT2D eigenvalue weighted by Gasteiger charge is 2.05. The largest absolute Gasteiger partial charge is 0.0622 e. The first kappa shape index (κ1) is 14.9. The van der Waals surface area contributed by atoms with E-state index in [1.54, 1.807) is 0 Å². The molecule has 0 fully saturated rings. The standard InChI is InChI=1S/C26H18/c1-2-6-19(7-3-1)10-11-20-12-17-25-23(18-20)16-15-22-14-13-21-8-4-5-9-24(21)26(22)25/h1-18H. The molecular weight excluding hydrogens is 312 g/mol. The van der Waals surface area contributed by atoms with Crippen molar-refractivity contribution >= 4 is 44.5 Å². The second-order valence-electron chi connectivity index (χ2n) is 6.67. The van der Waals surface area contributed by atoms with Crippen molar-refractivity contribution in [2.75, 3.05) is 0 Å². The molecule has 0 amide bonds. The summed E-state index contributed by atoms with van der Waals surface area (Å²) in [6, 6.07) is 34.7. The van der Waals surface area contributed by atoms with Crippen molar-refractivity contribution in [2.45, 2.75) is 0 Å². The Hall–Kier alpha value is -3.38. The minimum absolute atomic E-state index is 1.22. The Morgan fingerprint density at radius 3 is 1.96 bits per heavy atom. The van der Waals surface area contributed by atoms with Gasteiger partial charge in [0.25, 0.3) is 0 Å². The van der Waals surface area contributed by atoms with E-state index in [0.29, 0.717) is 0 Å². The van der Waals surface area contributed by atoms with Gasteiger partial charge in [0, 0.05) is 0 Å². The van der Waals surface area contributed by atoms with Crippen molar-refractivity contribution in [3.63, 3.8) is 0 Å². The van der Waals surface area contributed by atoms with Gasteiger partial charge in [-0.1, -0.05) is 103 Å². The first-order valence-electron chi connectivity index (χ1n) is 8.96. The van der Waals surface area contributed by atoms with Gasteiger partial charge in [-0.3, -0.25) is 0 Å². The minimum Gasteiger partial charge on any atom is -0.0622 e. The highest BCUT2D eigenvalue weighted by molar-refractivity contribution is 6.20. The molecular formula is C26H18. The number of rotatable bonds is 2. The van der Waals surface area contributed by atoms with Crippen LogP contribution in [0.3, 0.4) is 0 Å². The third kappa shape index (κ3) is 2.57. The van der Waals surface area contributed by atoms with Crippen molar-refractivity contribution in [1.29, 1.82) is 0 Å². The quantitative estimate of drug-likeness (QED) is 0.235. The maximum absolute atomic E-state index is 2.27. The van der Waals surface area contributed by atoms with Crippen LogP contribution in [0.25, 0.3) is 44.5 Å². The van der Waals surface area contributed by atoms with Crippen LogP contribution in [0.4, 0.5) is 0 Å². The van der Waals surface area contributed by atoms with E-state index in [1.165, 1.54) is 43.4 Å². The molecule has 0 heterocycles. The van der Waals surface area contributed by atoms with Gasteiger partial charge in [-0.2, -0.15) is 0 Å². The summed E-state index contributed by atoms with van der Waals surface area (Å²) in [5.74, 6) is 0. The van der Waals surface area contributed by atoms with Crippen LogP contribution in [-0.2, 0) is 0 Å². The van der Waals surface area contributed by atoms with E-state index in [-0.39, 0.29) is 0 Å². The monoisotopic (exact) mass is 330 g/mol. The van der Waals surface area contributed by atoms with Crippen molar-refractivity contribution in [1.82, 2.24) is 0 Å². The van der Waals surface area contributed by atoms with Crippen LogP contribution in [-0.4, -0.2) is 0 Å². The van der Waals surface area contributed by atoms with E-state index < -0.39 is 0 Å². The Morgan fingerprint density at radius 2 is 1.08 bits per heavy atom. The molecule has 5 aromatic carbocycles. The average Bonchev–Trinajstić information content (AvgIpc) is 2.72. The zero-order chi connectivity index (χ0) is 17.3. The SMILES string of the molecule is C(=Cc1ccc2c(ccc3ccc4ccccc4c32)c1)c1ccccc1. The number of hydrogen-bond donors (Lipinski definition) is 0. The molecule has 0 aromatic heterocycles. The van der Waals surface area contributed by atoms with Crippen molar-refractivity contribution in [2.24, 2.45) is 0 Å². The first-order chi connectivity index (χ1) is 12.9. The fourth-order valence-electron chi connectivity index (χ4n) is 3.71. The Balaban J connectivity index is 1.69. The highest BCUT2D eigenvalue weighted by Crippen LogP contribution is 2.32. The number of hydrogen-bond acceptors (Lipinski definition) is 0. The molecule has 0 radical (unpaired) electrons. The van der Waals surface area contributed by atoms with Crippen molar-refractivity contribution in [3.8, 4) is 0 Å².